The highest BCUT2D eigenvalue weighted by molar-refractivity contribution is 5.88. The second kappa shape index (κ2) is 8.17. The number of rotatable bonds is 4. The number of benzene rings is 2. The molecule has 38 heavy (non-hydrogen) atoms. The number of carbonyl (C=O) groups is 1. The van der Waals surface area contributed by atoms with Crippen LogP contribution < -0.4 is 18.9 Å². The maximum Gasteiger partial charge on any atom is 0.311 e. The van der Waals surface area contributed by atoms with Crippen LogP contribution in [0.1, 0.15) is 80.2 Å². The highest BCUT2D eigenvalue weighted by Crippen LogP contribution is 2.61. The van der Waals surface area contributed by atoms with E-state index in [1.807, 2.05) is 6.07 Å². The average Bonchev–Trinajstić information content (AvgIpc) is 3.34. The van der Waals surface area contributed by atoms with Gasteiger partial charge >= 0.3 is 5.97 Å². The van der Waals surface area contributed by atoms with Crippen LogP contribution >= 0.6 is 0 Å². The van der Waals surface area contributed by atoms with Crippen LogP contribution in [0.3, 0.4) is 0 Å². The van der Waals surface area contributed by atoms with Crippen molar-refractivity contribution in [2.45, 2.75) is 64.3 Å². The zero-order valence-electron chi connectivity index (χ0n) is 22.3. The summed E-state index contributed by atoms with van der Waals surface area (Å²) in [5.41, 5.74) is 5.91. The number of ether oxygens (including phenoxy) is 4. The Morgan fingerprint density at radius 2 is 1.76 bits per heavy atom. The number of methoxy groups -OCH3 is 1. The number of esters is 1. The lowest BCUT2D eigenvalue weighted by atomic mass is 9.49. The Morgan fingerprint density at radius 1 is 1.05 bits per heavy atom. The first-order chi connectivity index (χ1) is 18.5. The van der Waals surface area contributed by atoms with Crippen molar-refractivity contribution in [3.8, 4) is 23.0 Å². The molecular weight excluding hydrogens is 478 g/mol. The standard InChI is InChI=1S/C32H35NO5/c1-18-30-23(10-25-24-12-28-27(36-17-37-28)11-22(24)5-6-33(18)25)3-4-26(35-2)31(30)38-29(34)16-32-13-19-7-20(14-32)9-21(8-19)15-32/h3-4,10-12,18-21H,5-9,13-17H2,1-2H3/t18-,19?,20?,21?,32?/m0/s1. The van der Waals surface area contributed by atoms with Crippen LogP contribution in [0.5, 0.6) is 23.0 Å². The molecule has 4 bridgehead atoms. The van der Waals surface area contributed by atoms with Crippen LogP contribution in [0.25, 0.3) is 11.8 Å². The fraction of sp³-hybridized carbons (Fsp3) is 0.531. The van der Waals surface area contributed by atoms with Gasteiger partial charge in [-0.05, 0) is 110 Å². The number of hydrogen-bond donors (Lipinski definition) is 0. The van der Waals surface area contributed by atoms with E-state index in [0.717, 1.165) is 53.3 Å². The molecule has 4 aliphatic carbocycles. The fourth-order valence-corrected chi connectivity index (χ4v) is 9.19. The van der Waals surface area contributed by atoms with Gasteiger partial charge in [0.05, 0.1) is 19.6 Å². The van der Waals surface area contributed by atoms with Crippen molar-refractivity contribution in [3.63, 3.8) is 0 Å². The predicted molar refractivity (Wildman–Crippen MR) is 143 cm³/mol. The molecule has 0 radical (unpaired) electrons. The molecule has 0 aromatic heterocycles. The van der Waals surface area contributed by atoms with Crippen LogP contribution in [0.15, 0.2) is 24.3 Å². The van der Waals surface area contributed by atoms with E-state index in [9.17, 15) is 4.79 Å². The molecule has 0 N–H and O–H groups in total. The first-order valence-corrected chi connectivity index (χ1v) is 14.3. The summed E-state index contributed by atoms with van der Waals surface area (Å²) in [6, 6.07) is 8.31. The summed E-state index contributed by atoms with van der Waals surface area (Å²) >= 11 is 0. The summed E-state index contributed by atoms with van der Waals surface area (Å²) in [5.74, 6) is 5.22. The number of carbonyl (C=O) groups excluding carboxylic acids is 1. The maximum absolute atomic E-state index is 13.6. The van der Waals surface area contributed by atoms with E-state index in [2.05, 4.69) is 36.1 Å². The van der Waals surface area contributed by atoms with Crippen LogP contribution in [0.4, 0.5) is 0 Å². The Bertz CT molecular complexity index is 1340. The van der Waals surface area contributed by atoms with E-state index in [0.29, 0.717) is 17.9 Å². The Balaban J connectivity index is 1.14. The van der Waals surface area contributed by atoms with Crippen LogP contribution in [0.2, 0.25) is 0 Å². The lowest BCUT2D eigenvalue weighted by Gasteiger charge is -2.56. The first kappa shape index (κ1) is 22.8. The second-order valence-electron chi connectivity index (χ2n) is 12.7. The van der Waals surface area contributed by atoms with Crippen LogP contribution in [-0.2, 0) is 11.2 Å². The second-order valence-corrected chi connectivity index (χ2v) is 12.7. The Kier molecular flexibility index (Phi) is 4.90. The summed E-state index contributed by atoms with van der Waals surface area (Å²) in [6.07, 6.45) is 11.4. The Morgan fingerprint density at radius 3 is 2.47 bits per heavy atom. The minimum Gasteiger partial charge on any atom is -0.493 e. The van der Waals surface area contributed by atoms with Gasteiger partial charge in [-0.3, -0.25) is 4.79 Å². The molecule has 4 fully saturated rings. The summed E-state index contributed by atoms with van der Waals surface area (Å²) in [5, 5.41) is 0. The predicted octanol–water partition coefficient (Wildman–Crippen LogP) is 6.37. The zero-order chi connectivity index (χ0) is 25.6. The summed E-state index contributed by atoms with van der Waals surface area (Å²) < 4.78 is 23.4. The van der Waals surface area contributed by atoms with Crippen molar-refractivity contribution in [2.75, 3.05) is 20.4 Å². The van der Waals surface area contributed by atoms with Gasteiger partial charge in [-0.1, -0.05) is 6.07 Å². The lowest BCUT2D eigenvalue weighted by molar-refractivity contribution is -0.143. The number of nitrogens with zero attached hydrogens (tertiary/aromatic N) is 1. The largest absolute Gasteiger partial charge is 0.493 e. The van der Waals surface area contributed by atoms with Crippen molar-refractivity contribution in [1.82, 2.24) is 4.90 Å². The third kappa shape index (κ3) is 3.41. The Labute approximate surface area is 223 Å². The molecule has 0 unspecified atom stereocenters. The van der Waals surface area contributed by atoms with Crippen LogP contribution in [0, 0.1) is 23.2 Å². The topological polar surface area (TPSA) is 57.2 Å². The van der Waals surface area contributed by atoms with E-state index < -0.39 is 0 Å². The van der Waals surface area contributed by atoms with Crippen molar-refractivity contribution >= 4 is 17.7 Å². The SMILES string of the molecule is COc1ccc2c(c1OC(=O)CC13CC4CC(CC(C4)C1)C3)[C@H](C)N1CCc3cc4c(cc3C1=C2)OCO4. The van der Waals surface area contributed by atoms with E-state index in [1.165, 1.54) is 55.3 Å². The normalized spacial score (nSPS) is 31.3. The molecule has 2 aromatic carbocycles. The van der Waals surface area contributed by atoms with E-state index in [4.69, 9.17) is 18.9 Å². The molecule has 7 aliphatic rings. The van der Waals surface area contributed by atoms with E-state index >= 15 is 0 Å². The number of hydrogen-bond acceptors (Lipinski definition) is 6. The summed E-state index contributed by atoms with van der Waals surface area (Å²) in [7, 11) is 1.66. The highest BCUT2D eigenvalue weighted by Gasteiger charge is 2.52. The maximum atomic E-state index is 13.6. The smallest absolute Gasteiger partial charge is 0.311 e. The van der Waals surface area contributed by atoms with Gasteiger partial charge in [0.1, 0.15) is 0 Å². The number of fused-ring (bicyclic) bond motifs is 5. The van der Waals surface area contributed by atoms with Crippen molar-refractivity contribution in [1.29, 1.82) is 0 Å². The third-order valence-corrected chi connectivity index (χ3v) is 10.3. The van der Waals surface area contributed by atoms with E-state index in [-0.39, 0.29) is 24.2 Å². The zero-order valence-corrected chi connectivity index (χ0v) is 22.3. The molecule has 0 saturated heterocycles. The summed E-state index contributed by atoms with van der Waals surface area (Å²) in [6.45, 7) is 3.37. The van der Waals surface area contributed by atoms with E-state index in [1.54, 1.807) is 7.11 Å². The molecule has 4 saturated carbocycles. The monoisotopic (exact) mass is 513 g/mol. The molecular formula is C32H35NO5. The van der Waals surface area contributed by atoms with Gasteiger partial charge in [-0.15, -0.1) is 0 Å². The molecule has 198 valence electrons. The molecule has 6 nitrogen and oxygen atoms in total. The fourth-order valence-electron chi connectivity index (χ4n) is 9.19. The molecule has 9 rings (SSSR count). The van der Waals surface area contributed by atoms with Gasteiger partial charge < -0.3 is 23.8 Å². The van der Waals surface area contributed by atoms with Crippen molar-refractivity contribution in [3.05, 3.63) is 46.5 Å². The minimum absolute atomic E-state index is 0.0426. The quantitative estimate of drug-likeness (QED) is 0.350. The third-order valence-electron chi connectivity index (χ3n) is 10.3. The van der Waals surface area contributed by atoms with Gasteiger partial charge in [0.15, 0.2) is 23.0 Å². The lowest BCUT2D eigenvalue weighted by Crippen LogP contribution is -2.47. The first-order valence-electron chi connectivity index (χ1n) is 14.3. The molecule has 3 heterocycles. The van der Waals surface area contributed by atoms with Crippen molar-refractivity contribution < 1.29 is 23.7 Å². The molecule has 3 aliphatic heterocycles. The highest BCUT2D eigenvalue weighted by atomic mass is 16.7. The minimum atomic E-state index is -0.0997. The van der Waals surface area contributed by atoms with Gasteiger partial charge in [0, 0.05) is 23.4 Å². The molecule has 0 amide bonds. The van der Waals surface area contributed by atoms with Gasteiger partial charge in [-0.25, -0.2) is 0 Å². The molecule has 2 aromatic rings. The van der Waals surface area contributed by atoms with Gasteiger partial charge in [0.25, 0.3) is 0 Å². The van der Waals surface area contributed by atoms with Gasteiger partial charge in [0.2, 0.25) is 6.79 Å². The average molecular weight is 514 g/mol. The van der Waals surface area contributed by atoms with Crippen molar-refractivity contribution in [2.24, 2.45) is 23.2 Å². The summed E-state index contributed by atoms with van der Waals surface area (Å²) in [4.78, 5) is 16.0. The van der Waals surface area contributed by atoms with Gasteiger partial charge in [-0.2, -0.15) is 0 Å². The van der Waals surface area contributed by atoms with Crippen LogP contribution in [-0.4, -0.2) is 31.3 Å². The molecule has 1 atom stereocenters. The molecule has 6 heteroatoms. The Hall–Kier alpha value is -3.15. The molecule has 0 spiro atoms.